The largest absolute Gasteiger partial charge is 0.336 e. The van der Waals surface area contributed by atoms with Crippen molar-refractivity contribution in [2.24, 2.45) is 5.92 Å². The highest BCUT2D eigenvalue weighted by Crippen LogP contribution is 2.34. The molecule has 0 amide bonds. The van der Waals surface area contributed by atoms with Crippen LogP contribution in [0.2, 0.25) is 0 Å². The lowest BCUT2D eigenvalue weighted by Crippen LogP contribution is -2.18. The first-order chi connectivity index (χ1) is 7.35. The highest BCUT2D eigenvalue weighted by Gasteiger charge is 2.21. The quantitative estimate of drug-likeness (QED) is 0.721. The van der Waals surface area contributed by atoms with Gasteiger partial charge in [-0.15, -0.1) is 0 Å². The molecule has 0 aromatic carbocycles. The van der Waals surface area contributed by atoms with Gasteiger partial charge >= 0.3 is 0 Å². The second-order valence-electron chi connectivity index (χ2n) is 4.50. The maximum atomic E-state index is 8.97. The average Bonchev–Trinajstić information content (AvgIpc) is 2.77. The third-order valence-corrected chi connectivity index (χ3v) is 3.68. The Balaban J connectivity index is 2.05. The molecule has 2 rings (SSSR count). The zero-order chi connectivity index (χ0) is 10.7. The molecule has 0 spiro atoms. The first kappa shape index (κ1) is 10.3. The normalized spacial score (nSPS) is 26.1. The van der Waals surface area contributed by atoms with Crippen molar-refractivity contribution in [3.8, 4) is 6.07 Å². The van der Waals surface area contributed by atoms with Crippen molar-refractivity contribution >= 4 is 0 Å². The Kier molecular flexibility index (Phi) is 3.11. The van der Waals surface area contributed by atoms with Crippen molar-refractivity contribution < 1.29 is 0 Å². The van der Waals surface area contributed by atoms with Gasteiger partial charge in [0.2, 0.25) is 0 Å². The molecule has 0 bridgehead atoms. The van der Waals surface area contributed by atoms with Crippen molar-refractivity contribution in [1.82, 2.24) is 4.57 Å². The van der Waals surface area contributed by atoms with Crippen LogP contribution in [0.1, 0.15) is 50.8 Å². The van der Waals surface area contributed by atoms with E-state index in [0.29, 0.717) is 6.04 Å². The monoisotopic (exact) mass is 202 g/mol. The summed E-state index contributed by atoms with van der Waals surface area (Å²) in [6.07, 6.45) is 8.48. The maximum Gasteiger partial charge on any atom is 0.120 e. The van der Waals surface area contributed by atoms with Gasteiger partial charge in [0, 0.05) is 12.2 Å². The van der Waals surface area contributed by atoms with E-state index in [1.54, 1.807) is 0 Å². The standard InChI is InChI=1S/C13H18N2/c1-2-11-5-7-12(8-6-11)15-9-3-4-13(15)10-14/h3-4,9,11-12H,2,5-8H2,1H3. The molecule has 1 aliphatic rings. The molecule has 1 heterocycles. The Hall–Kier alpha value is -1.23. The van der Waals surface area contributed by atoms with Crippen LogP contribution in [0.15, 0.2) is 18.3 Å². The van der Waals surface area contributed by atoms with Gasteiger partial charge in [-0.2, -0.15) is 5.26 Å². The second-order valence-corrected chi connectivity index (χ2v) is 4.50. The lowest BCUT2D eigenvalue weighted by molar-refractivity contribution is 0.269. The fourth-order valence-corrected chi connectivity index (χ4v) is 2.64. The number of nitrogens with zero attached hydrogens (tertiary/aromatic N) is 2. The highest BCUT2D eigenvalue weighted by atomic mass is 15.0. The van der Waals surface area contributed by atoms with E-state index in [4.69, 9.17) is 5.26 Å². The van der Waals surface area contributed by atoms with E-state index < -0.39 is 0 Å². The van der Waals surface area contributed by atoms with Crippen LogP contribution in [0.25, 0.3) is 0 Å². The molecule has 2 heteroatoms. The minimum absolute atomic E-state index is 0.567. The van der Waals surface area contributed by atoms with Gasteiger partial charge < -0.3 is 4.57 Å². The third-order valence-electron chi connectivity index (χ3n) is 3.68. The van der Waals surface area contributed by atoms with Crippen LogP contribution in [-0.4, -0.2) is 4.57 Å². The lowest BCUT2D eigenvalue weighted by atomic mass is 9.84. The molecule has 15 heavy (non-hydrogen) atoms. The fourth-order valence-electron chi connectivity index (χ4n) is 2.64. The van der Waals surface area contributed by atoms with Crippen LogP contribution >= 0.6 is 0 Å². The van der Waals surface area contributed by atoms with E-state index in [1.165, 1.54) is 32.1 Å². The molecular formula is C13H18N2. The molecule has 0 radical (unpaired) electrons. The molecule has 0 saturated heterocycles. The van der Waals surface area contributed by atoms with Gasteiger partial charge in [0.25, 0.3) is 0 Å². The van der Waals surface area contributed by atoms with Gasteiger partial charge in [-0.3, -0.25) is 0 Å². The van der Waals surface area contributed by atoms with E-state index in [9.17, 15) is 0 Å². The van der Waals surface area contributed by atoms with E-state index in [2.05, 4.69) is 23.8 Å². The molecule has 2 nitrogen and oxygen atoms in total. The number of aromatic nitrogens is 1. The van der Waals surface area contributed by atoms with E-state index in [1.807, 2.05) is 12.1 Å². The Bertz CT molecular complexity index is 351. The molecule has 1 saturated carbocycles. The highest BCUT2D eigenvalue weighted by molar-refractivity contribution is 5.22. The minimum atomic E-state index is 0.567. The van der Waals surface area contributed by atoms with Crippen LogP contribution in [0.5, 0.6) is 0 Å². The molecular weight excluding hydrogens is 184 g/mol. The van der Waals surface area contributed by atoms with Gasteiger partial charge in [0.05, 0.1) is 0 Å². The summed E-state index contributed by atoms with van der Waals surface area (Å²) in [4.78, 5) is 0. The van der Waals surface area contributed by atoms with Crippen molar-refractivity contribution in [3.05, 3.63) is 24.0 Å². The van der Waals surface area contributed by atoms with E-state index in [0.717, 1.165) is 11.6 Å². The fraction of sp³-hybridized carbons (Fsp3) is 0.615. The topological polar surface area (TPSA) is 28.7 Å². The van der Waals surface area contributed by atoms with Crippen molar-refractivity contribution in [2.45, 2.75) is 45.1 Å². The number of hydrogen-bond acceptors (Lipinski definition) is 1. The van der Waals surface area contributed by atoms with Gasteiger partial charge in [0.15, 0.2) is 0 Å². The van der Waals surface area contributed by atoms with E-state index >= 15 is 0 Å². The predicted molar refractivity (Wildman–Crippen MR) is 60.4 cm³/mol. The summed E-state index contributed by atoms with van der Waals surface area (Å²) < 4.78 is 2.16. The van der Waals surface area contributed by atoms with Crippen molar-refractivity contribution in [1.29, 1.82) is 5.26 Å². The average molecular weight is 202 g/mol. The smallest absolute Gasteiger partial charge is 0.120 e. The lowest BCUT2D eigenvalue weighted by Gasteiger charge is -2.29. The zero-order valence-corrected chi connectivity index (χ0v) is 9.32. The molecule has 0 N–H and O–H groups in total. The third kappa shape index (κ3) is 2.07. The Labute approximate surface area is 91.5 Å². The SMILES string of the molecule is CCC1CCC(n2cccc2C#N)CC1. The number of rotatable bonds is 2. The molecule has 1 fully saturated rings. The Morgan fingerprint density at radius 2 is 2.13 bits per heavy atom. The van der Waals surface area contributed by atoms with Crippen molar-refractivity contribution in [3.63, 3.8) is 0 Å². The minimum Gasteiger partial charge on any atom is -0.336 e. The van der Waals surface area contributed by atoms with Crippen LogP contribution in [0, 0.1) is 17.2 Å². The molecule has 0 unspecified atom stereocenters. The predicted octanol–water partition coefficient (Wildman–Crippen LogP) is 3.50. The Morgan fingerprint density at radius 3 is 2.73 bits per heavy atom. The van der Waals surface area contributed by atoms with Crippen LogP contribution in [-0.2, 0) is 0 Å². The summed E-state index contributed by atoms with van der Waals surface area (Å²) >= 11 is 0. The second kappa shape index (κ2) is 4.53. The van der Waals surface area contributed by atoms with Crippen LogP contribution in [0.3, 0.4) is 0 Å². The van der Waals surface area contributed by atoms with Crippen LogP contribution in [0.4, 0.5) is 0 Å². The number of nitriles is 1. The van der Waals surface area contributed by atoms with Gasteiger partial charge in [-0.1, -0.05) is 13.3 Å². The molecule has 1 aliphatic carbocycles. The first-order valence-electron chi connectivity index (χ1n) is 5.92. The summed E-state index contributed by atoms with van der Waals surface area (Å²) in [6.45, 7) is 2.28. The molecule has 0 aliphatic heterocycles. The molecule has 1 aromatic rings. The molecule has 0 atom stereocenters. The summed E-state index contributed by atoms with van der Waals surface area (Å²) in [5.41, 5.74) is 0.815. The van der Waals surface area contributed by atoms with Gasteiger partial charge in [-0.25, -0.2) is 0 Å². The van der Waals surface area contributed by atoms with Crippen molar-refractivity contribution in [2.75, 3.05) is 0 Å². The summed E-state index contributed by atoms with van der Waals surface area (Å²) in [5, 5.41) is 8.97. The van der Waals surface area contributed by atoms with E-state index in [-0.39, 0.29) is 0 Å². The molecule has 1 aromatic heterocycles. The summed E-state index contributed by atoms with van der Waals surface area (Å²) in [7, 11) is 0. The summed E-state index contributed by atoms with van der Waals surface area (Å²) in [6, 6.07) is 6.71. The number of hydrogen-bond donors (Lipinski definition) is 0. The molecule has 80 valence electrons. The van der Waals surface area contributed by atoms with Gasteiger partial charge in [0.1, 0.15) is 11.8 Å². The Morgan fingerprint density at radius 1 is 1.40 bits per heavy atom. The van der Waals surface area contributed by atoms with Crippen LogP contribution < -0.4 is 0 Å². The maximum absolute atomic E-state index is 8.97. The first-order valence-corrected chi connectivity index (χ1v) is 5.92. The summed E-state index contributed by atoms with van der Waals surface area (Å²) in [5.74, 6) is 0.919. The zero-order valence-electron chi connectivity index (χ0n) is 9.32. The van der Waals surface area contributed by atoms with Gasteiger partial charge in [-0.05, 0) is 43.7 Å².